The molecule has 2 rings (SSSR count). The van der Waals surface area contributed by atoms with Crippen LogP contribution in [0.25, 0.3) is 0 Å². The molecule has 1 aliphatic carbocycles. The summed E-state index contributed by atoms with van der Waals surface area (Å²) in [6.07, 6.45) is 2.08. The van der Waals surface area contributed by atoms with Crippen LogP contribution in [0.3, 0.4) is 0 Å². The van der Waals surface area contributed by atoms with Gasteiger partial charge in [0.15, 0.2) is 5.78 Å². The lowest BCUT2D eigenvalue weighted by Gasteiger charge is -2.38. The highest BCUT2D eigenvalue weighted by Crippen LogP contribution is 2.37. The molecule has 0 radical (unpaired) electrons. The maximum absolute atomic E-state index is 11.8. The number of rotatable bonds is 2. The van der Waals surface area contributed by atoms with E-state index in [4.69, 9.17) is 0 Å². The Bertz CT molecular complexity index is 455. The predicted molar refractivity (Wildman–Crippen MR) is 70.3 cm³/mol. The zero-order valence-electron chi connectivity index (χ0n) is 10.9. The Labute approximate surface area is 108 Å². The molecule has 1 amide bonds. The smallest absolute Gasteiger partial charge is 0.217 e. The van der Waals surface area contributed by atoms with Crippen molar-refractivity contribution in [2.45, 2.75) is 44.6 Å². The number of Topliss-reactive ketones (excluding diaryl/α,β-unsaturated/α-hetero) is 1. The van der Waals surface area contributed by atoms with Gasteiger partial charge in [-0.15, -0.1) is 0 Å². The third kappa shape index (κ3) is 2.61. The van der Waals surface area contributed by atoms with Gasteiger partial charge in [-0.25, -0.2) is 0 Å². The van der Waals surface area contributed by atoms with E-state index in [1.54, 1.807) is 0 Å². The number of hydrogen-bond donors (Lipinski definition) is 1. The first-order chi connectivity index (χ1) is 8.51. The number of nitrogens with one attached hydrogen (secondary N) is 1. The first kappa shape index (κ1) is 12.8. The molecule has 2 atom stereocenters. The van der Waals surface area contributed by atoms with Gasteiger partial charge in [0.25, 0.3) is 0 Å². The molecule has 3 nitrogen and oxygen atoms in total. The van der Waals surface area contributed by atoms with E-state index in [1.165, 1.54) is 12.5 Å². The van der Waals surface area contributed by atoms with E-state index in [0.717, 1.165) is 6.42 Å². The van der Waals surface area contributed by atoms with Crippen LogP contribution in [0.15, 0.2) is 30.3 Å². The van der Waals surface area contributed by atoms with Gasteiger partial charge in [0, 0.05) is 13.3 Å². The first-order valence-corrected chi connectivity index (χ1v) is 6.37. The molecule has 1 aliphatic rings. The Balaban J connectivity index is 2.20. The normalized spacial score (nSPS) is 27.9. The molecule has 0 bridgehead atoms. The second-order valence-electron chi connectivity index (χ2n) is 5.35. The largest absolute Gasteiger partial charge is 0.347 e. The van der Waals surface area contributed by atoms with Crippen molar-refractivity contribution in [2.75, 3.05) is 0 Å². The average molecular weight is 245 g/mol. The lowest BCUT2D eigenvalue weighted by Crippen LogP contribution is -2.48. The summed E-state index contributed by atoms with van der Waals surface area (Å²) in [6.45, 7) is 3.63. The van der Waals surface area contributed by atoms with Gasteiger partial charge in [-0.3, -0.25) is 9.59 Å². The van der Waals surface area contributed by atoms with Gasteiger partial charge in [0.2, 0.25) is 5.91 Å². The van der Waals surface area contributed by atoms with Gasteiger partial charge in [-0.1, -0.05) is 37.3 Å². The van der Waals surface area contributed by atoms with Crippen LogP contribution in [0.4, 0.5) is 0 Å². The molecule has 1 saturated carbocycles. The molecule has 1 aromatic carbocycles. The summed E-state index contributed by atoms with van der Waals surface area (Å²) in [4.78, 5) is 23.0. The lowest BCUT2D eigenvalue weighted by atomic mass is 9.69. The molecule has 1 aromatic rings. The highest BCUT2D eigenvalue weighted by Gasteiger charge is 2.38. The van der Waals surface area contributed by atoms with Gasteiger partial charge in [0.1, 0.15) is 0 Å². The summed E-state index contributed by atoms with van der Waals surface area (Å²) in [5.41, 5.74) is 1.22. The Morgan fingerprint density at radius 2 is 2.00 bits per heavy atom. The van der Waals surface area contributed by atoms with Crippen LogP contribution >= 0.6 is 0 Å². The fourth-order valence-corrected chi connectivity index (χ4v) is 2.72. The highest BCUT2D eigenvalue weighted by atomic mass is 16.2. The minimum absolute atomic E-state index is 0.0255. The third-order valence-corrected chi connectivity index (χ3v) is 3.81. The summed E-state index contributed by atoms with van der Waals surface area (Å²) >= 11 is 0. The highest BCUT2D eigenvalue weighted by molar-refractivity contribution is 5.89. The van der Waals surface area contributed by atoms with Crippen LogP contribution in [0, 0.1) is 0 Å². The van der Waals surface area contributed by atoms with Crippen LogP contribution in [0.2, 0.25) is 0 Å². The van der Waals surface area contributed by atoms with E-state index >= 15 is 0 Å². The standard InChI is InChI=1S/C15H19NO2/c1-11(17)16-13-10-15(2,9-8-14(13)18)12-6-4-3-5-7-12/h3-7,13H,8-10H2,1-2H3,(H,16,17). The van der Waals surface area contributed by atoms with Crippen molar-refractivity contribution in [1.29, 1.82) is 0 Å². The van der Waals surface area contributed by atoms with Gasteiger partial charge < -0.3 is 5.32 Å². The minimum atomic E-state index is -0.332. The molecule has 18 heavy (non-hydrogen) atoms. The Hall–Kier alpha value is -1.64. The van der Waals surface area contributed by atoms with E-state index in [-0.39, 0.29) is 23.1 Å². The molecule has 1 N–H and O–H groups in total. The number of amides is 1. The first-order valence-electron chi connectivity index (χ1n) is 6.37. The second kappa shape index (κ2) is 4.92. The molecule has 0 aliphatic heterocycles. The van der Waals surface area contributed by atoms with E-state index in [0.29, 0.717) is 12.8 Å². The molecule has 0 aromatic heterocycles. The number of carbonyl (C=O) groups is 2. The summed E-state index contributed by atoms with van der Waals surface area (Å²) in [7, 11) is 0. The monoisotopic (exact) mass is 245 g/mol. The zero-order chi connectivity index (χ0) is 13.2. The number of ketones is 1. The van der Waals surface area contributed by atoms with Crippen LogP contribution < -0.4 is 5.32 Å². The Kier molecular flexibility index (Phi) is 3.50. The van der Waals surface area contributed by atoms with Crippen molar-refractivity contribution in [3.05, 3.63) is 35.9 Å². The maximum atomic E-state index is 11.8. The van der Waals surface area contributed by atoms with Gasteiger partial charge in [-0.2, -0.15) is 0 Å². The lowest BCUT2D eigenvalue weighted by molar-refractivity contribution is -0.128. The van der Waals surface area contributed by atoms with E-state index in [1.807, 2.05) is 18.2 Å². The zero-order valence-corrected chi connectivity index (χ0v) is 10.9. The fourth-order valence-electron chi connectivity index (χ4n) is 2.72. The van der Waals surface area contributed by atoms with Gasteiger partial charge in [-0.05, 0) is 23.8 Å². The summed E-state index contributed by atoms with van der Waals surface area (Å²) < 4.78 is 0. The van der Waals surface area contributed by atoms with Crippen LogP contribution in [-0.4, -0.2) is 17.7 Å². The third-order valence-electron chi connectivity index (χ3n) is 3.81. The molecule has 3 heteroatoms. The maximum Gasteiger partial charge on any atom is 0.217 e. The van der Waals surface area contributed by atoms with Gasteiger partial charge >= 0.3 is 0 Å². The van der Waals surface area contributed by atoms with Crippen LogP contribution in [0.5, 0.6) is 0 Å². The average Bonchev–Trinajstić information content (AvgIpc) is 2.35. The van der Waals surface area contributed by atoms with E-state index < -0.39 is 0 Å². The second-order valence-corrected chi connectivity index (χ2v) is 5.35. The molecular formula is C15H19NO2. The van der Waals surface area contributed by atoms with E-state index in [9.17, 15) is 9.59 Å². The SMILES string of the molecule is CC(=O)NC1CC(C)(c2ccccc2)CCC1=O. The van der Waals surface area contributed by atoms with Crippen LogP contribution in [-0.2, 0) is 15.0 Å². The summed E-state index contributed by atoms with van der Waals surface area (Å²) in [5.74, 6) is 0.0178. The molecule has 0 saturated heterocycles. The van der Waals surface area contributed by atoms with Crippen molar-refractivity contribution in [2.24, 2.45) is 0 Å². The number of hydrogen-bond acceptors (Lipinski definition) is 2. The molecule has 2 unspecified atom stereocenters. The topological polar surface area (TPSA) is 46.2 Å². The fraction of sp³-hybridized carbons (Fsp3) is 0.467. The minimum Gasteiger partial charge on any atom is -0.347 e. The summed E-state index contributed by atoms with van der Waals surface area (Å²) in [5, 5.41) is 2.77. The Morgan fingerprint density at radius 3 is 2.61 bits per heavy atom. The molecular weight excluding hydrogens is 226 g/mol. The van der Waals surface area contributed by atoms with Gasteiger partial charge in [0.05, 0.1) is 6.04 Å². The molecule has 1 fully saturated rings. The predicted octanol–water partition coefficient (Wildman–Crippen LogP) is 2.20. The number of carbonyl (C=O) groups excluding carboxylic acids is 2. The quantitative estimate of drug-likeness (QED) is 0.868. The van der Waals surface area contributed by atoms with Crippen molar-refractivity contribution in [3.63, 3.8) is 0 Å². The van der Waals surface area contributed by atoms with Crippen LogP contribution in [0.1, 0.15) is 38.7 Å². The number of benzene rings is 1. The van der Waals surface area contributed by atoms with Crippen molar-refractivity contribution in [1.82, 2.24) is 5.32 Å². The summed E-state index contributed by atoms with van der Waals surface area (Å²) in [6, 6.07) is 9.89. The Morgan fingerprint density at radius 1 is 1.33 bits per heavy atom. The molecule has 0 heterocycles. The van der Waals surface area contributed by atoms with Crippen molar-refractivity contribution in [3.8, 4) is 0 Å². The molecule has 96 valence electrons. The van der Waals surface area contributed by atoms with Crippen molar-refractivity contribution >= 4 is 11.7 Å². The van der Waals surface area contributed by atoms with E-state index in [2.05, 4.69) is 24.4 Å². The van der Waals surface area contributed by atoms with Crippen molar-refractivity contribution < 1.29 is 9.59 Å². The molecule has 0 spiro atoms.